The number of hydrogen-bond acceptors (Lipinski definition) is 4. The molecule has 0 aliphatic heterocycles. The highest BCUT2D eigenvalue weighted by atomic mass is 35.5. The van der Waals surface area contributed by atoms with Gasteiger partial charge in [-0.1, -0.05) is 11.6 Å². The number of phenols is 1. The van der Waals surface area contributed by atoms with E-state index in [-0.39, 0.29) is 5.75 Å². The van der Waals surface area contributed by atoms with Gasteiger partial charge in [0.25, 0.3) is 0 Å². The number of ether oxygens (including phenoxy) is 2. The van der Waals surface area contributed by atoms with E-state index in [0.717, 1.165) is 18.4 Å². The van der Waals surface area contributed by atoms with E-state index in [2.05, 4.69) is 0 Å². The predicted octanol–water partition coefficient (Wildman–Crippen LogP) is 2.34. The molecule has 0 bridgehead atoms. The van der Waals surface area contributed by atoms with Crippen LogP contribution in [0.4, 0.5) is 0 Å². The Morgan fingerprint density at radius 1 is 1.29 bits per heavy atom. The summed E-state index contributed by atoms with van der Waals surface area (Å²) in [5.74, 6) is 1.07. The molecule has 0 radical (unpaired) electrons. The van der Waals surface area contributed by atoms with Crippen LogP contribution in [0.3, 0.4) is 0 Å². The van der Waals surface area contributed by atoms with Crippen molar-refractivity contribution in [2.24, 2.45) is 5.73 Å². The van der Waals surface area contributed by atoms with Gasteiger partial charge < -0.3 is 20.3 Å². The van der Waals surface area contributed by atoms with Crippen LogP contribution in [-0.4, -0.2) is 25.9 Å². The molecule has 0 atom stereocenters. The quantitative estimate of drug-likeness (QED) is 0.770. The normalized spacial score (nSPS) is 10.4. The van der Waals surface area contributed by atoms with Gasteiger partial charge in [-0.2, -0.15) is 0 Å². The smallest absolute Gasteiger partial charge is 0.165 e. The summed E-state index contributed by atoms with van der Waals surface area (Å²) >= 11 is 6.07. The SMILES string of the molecule is COc1cc(O)c(Cl)c(CCCCN)c1OC. The van der Waals surface area contributed by atoms with E-state index >= 15 is 0 Å². The van der Waals surface area contributed by atoms with Crippen molar-refractivity contribution < 1.29 is 14.6 Å². The molecule has 1 aromatic rings. The minimum Gasteiger partial charge on any atom is -0.506 e. The number of hydrogen-bond donors (Lipinski definition) is 2. The molecule has 96 valence electrons. The maximum atomic E-state index is 9.70. The Labute approximate surface area is 106 Å². The van der Waals surface area contributed by atoms with Crippen molar-refractivity contribution in [2.45, 2.75) is 19.3 Å². The van der Waals surface area contributed by atoms with Gasteiger partial charge in [-0.15, -0.1) is 0 Å². The van der Waals surface area contributed by atoms with Crippen molar-refractivity contribution in [3.63, 3.8) is 0 Å². The molecule has 0 fully saturated rings. The van der Waals surface area contributed by atoms with E-state index in [1.807, 2.05) is 0 Å². The number of halogens is 1. The Morgan fingerprint density at radius 3 is 2.53 bits per heavy atom. The molecular formula is C12H18ClNO3. The van der Waals surface area contributed by atoms with Crippen LogP contribution in [0, 0.1) is 0 Å². The predicted molar refractivity (Wildman–Crippen MR) is 68.2 cm³/mol. The van der Waals surface area contributed by atoms with E-state index in [1.54, 1.807) is 7.11 Å². The first kappa shape index (κ1) is 13.9. The maximum Gasteiger partial charge on any atom is 0.165 e. The van der Waals surface area contributed by atoms with Gasteiger partial charge in [-0.25, -0.2) is 0 Å². The Kier molecular flexibility index (Phi) is 5.38. The van der Waals surface area contributed by atoms with Gasteiger partial charge >= 0.3 is 0 Å². The van der Waals surface area contributed by atoms with Crippen LogP contribution >= 0.6 is 11.6 Å². The third-order valence-electron chi connectivity index (χ3n) is 2.56. The lowest BCUT2D eigenvalue weighted by molar-refractivity contribution is 0.347. The molecule has 0 spiro atoms. The van der Waals surface area contributed by atoms with Gasteiger partial charge in [0.1, 0.15) is 5.75 Å². The number of aromatic hydroxyl groups is 1. The second-order valence-electron chi connectivity index (χ2n) is 3.67. The number of phenolic OH excluding ortho intramolecular Hbond substituents is 1. The van der Waals surface area contributed by atoms with Crippen LogP contribution in [0.25, 0.3) is 0 Å². The summed E-state index contributed by atoms with van der Waals surface area (Å²) in [6.07, 6.45) is 2.49. The molecule has 3 N–H and O–H groups in total. The van der Waals surface area contributed by atoms with Crippen molar-refractivity contribution in [2.75, 3.05) is 20.8 Å². The standard InChI is InChI=1S/C12H18ClNO3/c1-16-10-7-9(15)11(13)8(12(10)17-2)5-3-4-6-14/h7,15H,3-6,14H2,1-2H3. The highest BCUT2D eigenvalue weighted by Gasteiger charge is 2.17. The lowest BCUT2D eigenvalue weighted by Gasteiger charge is -2.15. The second kappa shape index (κ2) is 6.57. The molecule has 4 nitrogen and oxygen atoms in total. The van der Waals surface area contributed by atoms with Crippen LogP contribution in [0.15, 0.2) is 6.07 Å². The number of benzene rings is 1. The first-order valence-electron chi connectivity index (χ1n) is 5.48. The Morgan fingerprint density at radius 2 is 2.00 bits per heavy atom. The lowest BCUT2D eigenvalue weighted by atomic mass is 10.1. The average Bonchev–Trinajstić information content (AvgIpc) is 2.34. The third-order valence-corrected chi connectivity index (χ3v) is 2.98. The summed E-state index contributed by atoms with van der Waals surface area (Å²) in [5.41, 5.74) is 6.21. The minimum absolute atomic E-state index is 0.00654. The summed E-state index contributed by atoms with van der Waals surface area (Å²) in [5, 5.41) is 10.0. The molecule has 0 aromatic heterocycles. The summed E-state index contributed by atoms with van der Waals surface area (Å²) < 4.78 is 10.4. The molecule has 0 aliphatic rings. The van der Waals surface area contributed by atoms with Crippen LogP contribution < -0.4 is 15.2 Å². The molecule has 0 unspecified atom stereocenters. The molecule has 0 heterocycles. The van der Waals surface area contributed by atoms with Gasteiger partial charge in [-0.3, -0.25) is 0 Å². The summed E-state index contributed by atoms with van der Waals surface area (Å²) in [7, 11) is 3.08. The van der Waals surface area contributed by atoms with Crippen molar-refractivity contribution in [3.8, 4) is 17.2 Å². The van der Waals surface area contributed by atoms with Gasteiger partial charge in [0, 0.05) is 11.6 Å². The number of rotatable bonds is 6. The van der Waals surface area contributed by atoms with E-state index in [4.69, 9.17) is 26.8 Å². The van der Waals surface area contributed by atoms with Crippen LogP contribution in [-0.2, 0) is 6.42 Å². The fraction of sp³-hybridized carbons (Fsp3) is 0.500. The molecule has 17 heavy (non-hydrogen) atoms. The van der Waals surface area contributed by atoms with Gasteiger partial charge in [-0.05, 0) is 25.8 Å². The minimum atomic E-state index is 0.00654. The second-order valence-corrected chi connectivity index (χ2v) is 4.05. The third kappa shape index (κ3) is 3.17. The summed E-state index contributed by atoms with van der Waals surface area (Å²) in [6.45, 7) is 0.635. The average molecular weight is 260 g/mol. The highest BCUT2D eigenvalue weighted by Crippen LogP contribution is 2.42. The molecule has 5 heteroatoms. The molecule has 0 amide bonds. The Hall–Kier alpha value is -1.13. The lowest BCUT2D eigenvalue weighted by Crippen LogP contribution is -2.01. The molecular weight excluding hydrogens is 242 g/mol. The van der Waals surface area contributed by atoms with Crippen molar-refractivity contribution in [3.05, 3.63) is 16.7 Å². The molecule has 0 saturated heterocycles. The van der Waals surface area contributed by atoms with Crippen LogP contribution in [0.2, 0.25) is 5.02 Å². The first-order valence-corrected chi connectivity index (χ1v) is 5.85. The molecule has 0 saturated carbocycles. The van der Waals surface area contributed by atoms with E-state index in [0.29, 0.717) is 29.5 Å². The summed E-state index contributed by atoms with van der Waals surface area (Å²) in [4.78, 5) is 0. The zero-order valence-electron chi connectivity index (χ0n) is 10.1. The molecule has 0 aliphatic carbocycles. The highest BCUT2D eigenvalue weighted by molar-refractivity contribution is 6.33. The fourth-order valence-corrected chi connectivity index (χ4v) is 1.94. The van der Waals surface area contributed by atoms with Crippen LogP contribution in [0.1, 0.15) is 18.4 Å². The Bertz CT molecular complexity index is 383. The van der Waals surface area contributed by atoms with E-state index in [9.17, 15) is 5.11 Å². The maximum absolute atomic E-state index is 9.70. The first-order chi connectivity index (χ1) is 8.15. The van der Waals surface area contributed by atoms with Gasteiger partial charge in [0.2, 0.25) is 0 Å². The fourth-order valence-electron chi connectivity index (χ4n) is 1.70. The van der Waals surface area contributed by atoms with Crippen LogP contribution in [0.5, 0.6) is 17.2 Å². The van der Waals surface area contributed by atoms with Crippen molar-refractivity contribution in [1.82, 2.24) is 0 Å². The van der Waals surface area contributed by atoms with Gasteiger partial charge in [0.15, 0.2) is 11.5 Å². The van der Waals surface area contributed by atoms with Crippen molar-refractivity contribution >= 4 is 11.6 Å². The molecule has 1 aromatic carbocycles. The topological polar surface area (TPSA) is 64.7 Å². The number of methoxy groups -OCH3 is 2. The van der Waals surface area contributed by atoms with E-state index < -0.39 is 0 Å². The zero-order chi connectivity index (χ0) is 12.8. The number of nitrogens with two attached hydrogens (primary N) is 1. The largest absolute Gasteiger partial charge is 0.506 e. The zero-order valence-corrected chi connectivity index (χ0v) is 10.9. The van der Waals surface area contributed by atoms with Gasteiger partial charge in [0.05, 0.1) is 19.2 Å². The number of unbranched alkanes of at least 4 members (excludes halogenated alkanes) is 1. The molecule has 1 rings (SSSR count). The van der Waals surface area contributed by atoms with E-state index in [1.165, 1.54) is 13.2 Å². The van der Waals surface area contributed by atoms with Crippen molar-refractivity contribution in [1.29, 1.82) is 0 Å². The summed E-state index contributed by atoms with van der Waals surface area (Å²) in [6, 6.07) is 1.45. The monoisotopic (exact) mass is 259 g/mol. The Balaban J connectivity index is 3.09.